The molecule has 0 aliphatic rings. The van der Waals surface area contributed by atoms with E-state index in [1.54, 1.807) is 6.92 Å². The minimum absolute atomic E-state index is 0.0763. The van der Waals surface area contributed by atoms with Crippen LogP contribution in [-0.2, 0) is 23.9 Å². The molecule has 0 saturated heterocycles. The van der Waals surface area contributed by atoms with Crippen LogP contribution in [0.1, 0.15) is 174 Å². The molecular weight excluding hydrogens is 536 g/mol. The Hall–Kier alpha value is -1.08. The highest BCUT2D eigenvalue weighted by molar-refractivity contribution is 8.13. The largest absolute Gasteiger partial charge is 0.462 e. The summed E-state index contributed by atoms with van der Waals surface area (Å²) in [6, 6.07) is 0. The van der Waals surface area contributed by atoms with Crippen molar-refractivity contribution in [3.63, 3.8) is 0 Å². The predicted molar refractivity (Wildman–Crippen MR) is 172 cm³/mol. The Morgan fingerprint density at radius 3 is 1.39 bits per heavy atom. The summed E-state index contributed by atoms with van der Waals surface area (Å²) in [4.78, 5) is 35.0. The molecule has 1 atom stereocenters. The number of ether oxygens (including phenoxy) is 2. The van der Waals surface area contributed by atoms with E-state index in [4.69, 9.17) is 9.47 Å². The van der Waals surface area contributed by atoms with Crippen molar-refractivity contribution in [2.24, 2.45) is 0 Å². The lowest BCUT2D eigenvalue weighted by Gasteiger charge is -2.15. The Morgan fingerprint density at radius 2 is 0.976 bits per heavy atom. The minimum atomic E-state index is -0.777. The van der Waals surface area contributed by atoms with Crippen LogP contribution < -0.4 is 0 Å². The molecule has 41 heavy (non-hydrogen) atoms. The summed E-state index contributed by atoms with van der Waals surface area (Å²) in [5.74, 6) is 0.331. The van der Waals surface area contributed by atoms with E-state index < -0.39 is 6.10 Å². The quantitative estimate of drug-likeness (QED) is 0.0626. The van der Waals surface area contributed by atoms with E-state index in [1.165, 1.54) is 114 Å². The zero-order valence-electron chi connectivity index (χ0n) is 26.8. The molecule has 0 saturated carbocycles. The van der Waals surface area contributed by atoms with Crippen molar-refractivity contribution >= 4 is 28.8 Å². The minimum Gasteiger partial charge on any atom is -0.462 e. The van der Waals surface area contributed by atoms with E-state index in [2.05, 4.69) is 6.92 Å². The van der Waals surface area contributed by atoms with Gasteiger partial charge >= 0.3 is 11.9 Å². The molecule has 0 unspecified atom stereocenters. The van der Waals surface area contributed by atoms with Gasteiger partial charge in [0.05, 0.1) is 6.61 Å². The summed E-state index contributed by atoms with van der Waals surface area (Å²) in [5, 5.41) is 9.71. The lowest BCUT2D eigenvalue weighted by molar-refractivity contribution is -0.161. The average Bonchev–Trinajstić information content (AvgIpc) is 2.95. The molecule has 0 aromatic carbocycles. The lowest BCUT2D eigenvalue weighted by atomic mass is 10.0. The second kappa shape index (κ2) is 31.8. The van der Waals surface area contributed by atoms with Gasteiger partial charge in [0.25, 0.3) is 0 Å². The molecule has 1 N–H and O–H groups in total. The first-order chi connectivity index (χ1) is 20.0. The van der Waals surface area contributed by atoms with Gasteiger partial charge in [-0.2, -0.15) is 0 Å². The number of carbonyl (C=O) groups excluding carboxylic acids is 3. The third-order valence-electron chi connectivity index (χ3n) is 7.50. The number of hydrogen-bond donors (Lipinski definition) is 1. The smallest absolute Gasteiger partial charge is 0.306 e. The molecule has 0 aromatic rings. The SMILES string of the molecule is CCCCCCCCCCCCCCCC(=O)O[C@@H](CO)COC(=O)CCCCCCCCCCCCSC(C)=O. The first kappa shape index (κ1) is 39.9. The van der Waals surface area contributed by atoms with E-state index in [-0.39, 0.29) is 30.3 Å². The van der Waals surface area contributed by atoms with Gasteiger partial charge < -0.3 is 14.6 Å². The maximum absolute atomic E-state index is 12.1. The maximum Gasteiger partial charge on any atom is 0.306 e. The van der Waals surface area contributed by atoms with Crippen molar-refractivity contribution in [3.05, 3.63) is 0 Å². The average molecular weight is 601 g/mol. The van der Waals surface area contributed by atoms with Gasteiger partial charge in [0.1, 0.15) is 6.61 Å². The molecule has 6 nitrogen and oxygen atoms in total. The van der Waals surface area contributed by atoms with Crippen molar-refractivity contribution in [3.8, 4) is 0 Å². The number of unbranched alkanes of at least 4 members (excludes halogenated alkanes) is 21. The van der Waals surface area contributed by atoms with Crippen molar-refractivity contribution in [1.29, 1.82) is 0 Å². The second-order valence-electron chi connectivity index (χ2n) is 11.6. The molecule has 7 heteroatoms. The van der Waals surface area contributed by atoms with Crippen LogP contribution in [0.3, 0.4) is 0 Å². The predicted octanol–water partition coefficient (Wildman–Crippen LogP) is 9.49. The van der Waals surface area contributed by atoms with Crippen molar-refractivity contribution < 1.29 is 29.0 Å². The van der Waals surface area contributed by atoms with Gasteiger partial charge in [-0.15, -0.1) is 0 Å². The van der Waals surface area contributed by atoms with Gasteiger partial charge in [0.2, 0.25) is 0 Å². The van der Waals surface area contributed by atoms with E-state index in [1.807, 2.05) is 0 Å². The van der Waals surface area contributed by atoms with E-state index >= 15 is 0 Å². The molecule has 0 bridgehead atoms. The summed E-state index contributed by atoms with van der Waals surface area (Å²) in [6.07, 6.45) is 27.7. The van der Waals surface area contributed by atoms with Crippen LogP contribution in [0.25, 0.3) is 0 Å². The number of hydrogen-bond acceptors (Lipinski definition) is 7. The van der Waals surface area contributed by atoms with Gasteiger partial charge in [-0.25, -0.2) is 0 Å². The number of carbonyl (C=O) groups is 3. The van der Waals surface area contributed by atoms with Crippen LogP contribution in [0, 0.1) is 0 Å². The lowest BCUT2D eigenvalue weighted by Crippen LogP contribution is -2.28. The van der Waals surface area contributed by atoms with E-state index in [9.17, 15) is 19.5 Å². The molecule has 0 heterocycles. The zero-order valence-corrected chi connectivity index (χ0v) is 27.6. The highest BCUT2D eigenvalue weighted by Gasteiger charge is 2.16. The van der Waals surface area contributed by atoms with E-state index in [0.717, 1.165) is 50.7 Å². The highest BCUT2D eigenvalue weighted by atomic mass is 32.2. The van der Waals surface area contributed by atoms with Crippen molar-refractivity contribution in [2.45, 2.75) is 180 Å². The Labute approximate surface area is 256 Å². The fourth-order valence-corrected chi connectivity index (χ4v) is 5.55. The van der Waals surface area contributed by atoms with Crippen LogP contribution in [0.4, 0.5) is 0 Å². The fourth-order valence-electron chi connectivity index (χ4n) is 4.92. The summed E-state index contributed by atoms with van der Waals surface area (Å²) < 4.78 is 10.5. The molecule has 0 rings (SSSR count). The Balaban J connectivity index is 3.53. The summed E-state index contributed by atoms with van der Waals surface area (Å²) in [6.45, 7) is 3.47. The van der Waals surface area contributed by atoms with Gasteiger partial charge in [-0.05, 0) is 19.3 Å². The normalized spacial score (nSPS) is 11.9. The molecule has 0 radical (unpaired) electrons. The van der Waals surface area contributed by atoms with Gasteiger partial charge in [0, 0.05) is 25.5 Å². The van der Waals surface area contributed by atoms with Crippen LogP contribution >= 0.6 is 11.8 Å². The maximum atomic E-state index is 12.1. The molecule has 0 amide bonds. The molecule has 242 valence electrons. The number of rotatable bonds is 31. The Morgan fingerprint density at radius 1 is 0.585 bits per heavy atom. The Bertz CT molecular complexity index is 612. The molecule has 0 aromatic heterocycles. The summed E-state index contributed by atoms with van der Waals surface area (Å²) in [5.41, 5.74) is 0. The topological polar surface area (TPSA) is 89.9 Å². The van der Waals surface area contributed by atoms with Crippen LogP contribution in [-0.4, -0.2) is 47.2 Å². The first-order valence-electron chi connectivity index (χ1n) is 17.1. The van der Waals surface area contributed by atoms with Gasteiger partial charge in [-0.1, -0.05) is 147 Å². The van der Waals surface area contributed by atoms with Crippen molar-refractivity contribution in [2.75, 3.05) is 19.0 Å². The first-order valence-corrected chi connectivity index (χ1v) is 18.1. The number of thioether (sulfide) groups is 1. The zero-order chi connectivity index (χ0) is 30.2. The van der Waals surface area contributed by atoms with E-state index in [0.29, 0.717) is 12.8 Å². The number of esters is 2. The summed E-state index contributed by atoms with van der Waals surface area (Å²) in [7, 11) is 0. The number of aliphatic hydroxyl groups excluding tert-OH is 1. The van der Waals surface area contributed by atoms with Crippen LogP contribution in [0.2, 0.25) is 0 Å². The fraction of sp³-hybridized carbons (Fsp3) is 0.912. The molecule has 0 aliphatic heterocycles. The van der Waals surface area contributed by atoms with Gasteiger partial charge in [-0.3, -0.25) is 14.4 Å². The monoisotopic (exact) mass is 600 g/mol. The van der Waals surface area contributed by atoms with Crippen molar-refractivity contribution in [1.82, 2.24) is 0 Å². The summed E-state index contributed by atoms with van der Waals surface area (Å²) >= 11 is 1.43. The molecule has 0 fully saturated rings. The highest BCUT2D eigenvalue weighted by Crippen LogP contribution is 2.15. The standard InChI is InChI=1S/C34H64O6S/c1-3-4-5-6-7-8-9-10-11-15-18-21-24-27-34(38)40-32(29-35)30-39-33(37)26-23-20-17-14-12-13-16-19-22-25-28-41-31(2)36/h32,35H,3-30H2,1-2H3/t32-/m0/s1. The third-order valence-corrected chi connectivity index (χ3v) is 8.40. The third kappa shape index (κ3) is 31.7. The molecular formula is C34H64O6S. The Kier molecular flexibility index (Phi) is 31.0. The van der Waals surface area contributed by atoms with Crippen LogP contribution in [0.15, 0.2) is 0 Å². The molecule has 0 spiro atoms. The second-order valence-corrected chi connectivity index (χ2v) is 12.9. The number of aliphatic hydroxyl groups is 1. The molecule has 0 aliphatic carbocycles. The van der Waals surface area contributed by atoms with Crippen LogP contribution in [0.5, 0.6) is 0 Å². The van der Waals surface area contributed by atoms with Gasteiger partial charge in [0.15, 0.2) is 11.2 Å².